The standard InChI is InChI=1S/C19H16N2O3S/c1-21-16-6-4-3-5-15(16)20-19(21)25-11-12-9-18(22)24-17-10-13(23-2)7-8-14(12)17/h3-10H,11H2,1-2H3. The second-order valence-corrected chi connectivity index (χ2v) is 6.63. The Balaban J connectivity index is 1.70. The summed E-state index contributed by atoms with van der Waals surface area (Å²) < 4.78 is 12.6. The Morgan fingerprint density at radius 3 is 2.84 bits per heavy atom. The molecule has 2 aromatic carbocycles. The molecule has 0 unspecified atom stereocenters. The van der Waals surface area contributed by atoms with E-state index in [2.05, 4.69) is 9.55 Å². The lowest BCUT2D eigenvalue weighted by atomic mass is 10.1. The van der Waals surface area contributed by atoms with Gasteiger partial charge in [0.2, 0.25) is 0 Å². The molecule has 0 saturated carbocycles. The van der Waals surface area contributed by atoms with Crippen molar-refractivity contribution in [3.05, 3.63) is 64.5 Å². The first-order valence-corrected chi connectivity index (χ1v) is 8.79. The van der Waals surface area contributed by atoms with Crippen molar-refractivity contribution in [1.82, 2.24) is 9.55 Å². The summed E-state index contributed by atoms with van der Waals surface area (Å²) >= 11 is 1.60. The van der Waals surface area contributed by atoms with Gasteiger partial charge < -0.3 is 13.7 Å². The molecule has 0 amide bonds. The van der Waals surface area contributed by atoms with Crippen molar-refractivity contribution in [2.24, 2.45) is 7.05 Å². The quantitative estimate of drug-likeness (QED) is 0.411. The number of para-hydroxylation sites is 2. The van der Waals surface area contributed by atoms with E-state index in [-0.39, 0.29) is 5.63 Å². The van der Waals surface area contributed by atoms with E-state index in [9.17, 15) is 4.79 Å². The molecular weight excluding hydrogens is 336 g/mol. The monoisotopic (exact) mass is 352 g/mol. The van der Waals surface area contributed by atoms with Crippen molar-refractivity contribution in [3.63, 3.8) is 0 Å². The summed E-state index contributed by atoms with van der Waals surface area (Å²) in [5.41, 5.74) is 3.15. The van der Waals surface area contributed by atoms with Crippen LogP contribution in [0.3, 0.4) is 0 Å². The number of benzene rings is 2. The zero-order valence-corrected chi connectivity index (χ0v) is 14.7. The maximum Gasteiger partial charge on any atom is 0.336 e. The van der Waals surface area contributed by atoms with E-state index in [4.69, 9.17) is 9.15 Å². The van der Waals surface area contributed by atoms with Gasteiger partial charge in [-0.3, -0.25) is 0 Å². The summed E-state index contributed by atoms with van der Waals surface area (Å²) in [5, 5.41) is 1.82. The molecule has 2 heterocycles. The molecule has 0 radical (unpaired) electrons. The van der Waals surface area contributed by atoms with E-state index in [0.29, 0.717) is 17.1 Å². The zero-order valence-electron chi connectivity index (χ0n) is 13.9. The SMILES string of the molecule is COc1ccc2c(CSc3nc4ccccc4n3C)cc(=O)oc2c1. The molecule has 0 spiro atoms. The van der Waals surface area contributed by atoms with Crippen LogP contribution in [0.5, 0.6) is 5.75 Å². The van der Waals surface area contributed by atoms with Crippen molar-refractivity contribution in [2.75, 3.05) is 7.11 Å². The zero-order chi connectivity index (χ0) is 17.4. The smallest absolute Gasteiger partial charge is 0.336 e. The minimum Gasteiger partial charge on any atom is -0.497 e. The highest BCUT2D eigenvalue weighted by molar-refractivity contribution is 7.98. The van der Waals surface area contributed by atoms with E-state index in [1.807, 2.05) is 43.4 Å². The van der Waals surface area contributed by atoms with Gasteiger partial charge >= 0.3 is 5.63 Å². The van der Waals surface area contributed by atoms with Gasteiger partial charge in [-0.15, -0.1) is 0 Å². The normalized spacial score (nSPS) is 11.3. The number of aromatic nitrogens is 2. The van der Waals surface area contributed by atoms with Crippen LogP contribution in [-0.2, 0) is 12.8 Å². The van der Waals surface area contributed by atoms with Gasteiger partial charge in [-0.05, 0) is 29.8 Å². The maximum absolute atomic E-state index is 11.9. The molecule has 0 N–H and O–H groups in total. The van der Waals surface area contributed by atoms with Crippen LogP contribution in [0.2, 0.25) is 0 Å². The van der Waals surface area contributed by atoms with E-state index < -0.39 is 0 Å². The first-order chi connectivity index (χ1) is 12.2. The second kappa shape index (κ2) is 6.29. The maximum atomic E-state index is 11.9. The largest absolute Gasteiger partial charge is 0.497 e. The molecule has 25 heavy (non-hydrogen) atoms. The third-order valence-corrected chi connectivity index (χ3v) is 5.22. The minimum atomic E-state index is -0.360. The number of hydrogen-bond acceptors (Lipinski definition) is 5. The van der Waals surface area contributed by atoms with E-state index in [1.165, 1.54) is 0 Å². The van der Waals surface area contributed by atoms with E-state index in [1.54, 1.807) is 31.0 Å². The Morgan fingerprint density at radius 1 is 1.20 bits per heavy atom. The van der Waals surface area contributed by atoms with Gasteiger partial charge in [0.15, 0.2) is 5.16 Å². The number of hydrogen-bond donors (Lipinski definition) is 0. The molecule has 0 bridgehead atoms. The lowest BCUT2D eigenvalue weighted by molar-refractivity contribution is 0.414. The minimum absolute atomic E-state index is 0.360. The van der Waals surface area contributed by atoms with Crippen molar-refractivity contribution in [3.8, 4) is 5.75 Å². The summed E-state index contributed by atoms with van der Waals surface area (Å²) in [6.07, 6.45) is 0. The fourth-order valence-electron chi connectivity index (χ4n) is 2.85. The van der Waals surface area contributed by atoms with Crippen LogP contribution >= 0.6 is 11.8 Å². The molecule has 6 heteroatoms. The summed E-state index contributed by atoms with van der Waals surface area (Å²) in [7, 11) is 3.59. The molecule has 0 aliphatic heterocycles. The number of imidazole rings is 1. The molecule has 5 nitrogen and oxygen atoms in total. The summed E-state index contributed by atoms with van der Waals surface area (Å²) in [6.45, 7) is 0. The molecule has 0 aliphatic carbocycles. The lowest BCUT2D eigenvalue weighted by Crippen LogP contribution is -2.00. The van der Waals surface area contributed by atoms with Gasteiger partial charge in [0, 0.05) is 30.3 Å². The third kappa shape index (κ3) is 2.89. The topological polar surface area (TPSA) is 57.3 Å². The number of thioether (sulfide) groups is 1. The molecule has 2 aromatic heterocycles. The average Bonchev–Trinajstić information content (AvgIpc) is 2.95. The molecular formula is C19H16N2O3S. The van der Waals surface area contributed by atoms with Crippen LogP contribution in [0.25, 0.3) is 22.0 Å². The number of fused-ring (bicyclic) bond motifs is 2. The summed E-state index contributed by atoms with van der Waals surface area (Å²) in [6, 6.07) is 15.1. The number of aryl methyl sites for hydroxylation is 1. The molecule has 0 fully saturated rings. The van der Waals surface area contributed by atoms with Crippen LogP contribution in [0.1, 0.15) is 5.56 Å². The van der Waals surface area contributed by atoms with Crippen molar-refractivity contribution in [1.29, 1.82) is 0 Å². The summed E-state index contributed by atoms with van der Waals surface area (Å²) in [4.78, 5) is 16.5. The number of ether oxygens (including phenoxy) is 1. The molecule has 4 aromatic rings. The Bertz CT molecular complexity index is 1130. The lowest BCUT2D eigenvalue weighted by Gasteiger charge is -2.07. The average molecular weight is 352 g/mol. The first-order valence-electron chi connectivity index (χ1n) is 7.81. The highest BCUT2D eigenvalue weighted by Gasteiger charge is 2.11. The van der Waals surface area contributed by atoms with Crippen molar-refractivity contribution < 1.29 is 9.15 Å². The van der Waals surface area contributed by atoms with Gasteiger partial charge in [0.25, 0.3) is 0 Å². The number of rotatable bonds is 4. The highest BCUT2D eigenvalue weighted by atomic mass is 32.2. The van der Waals surface area contributed by atoms with Crippen LogP contribution in [0, 0.1) is 0 Å². The summed E-state index contributed by atoms with van der Waals surface area (Å²) in [5.74, 6) is 1.29. The van der Waals surface area contributed by atoms with Crippen molar-refractivity contribution >= 4 is 33.8 Å². The molecule has 126 valence electrons. The third-order valence-electron chi connectivity index (χ3n) is 4.14. The van der Waals surface area contributed by atoms with Crippen molar-refractivity contribution in [2.45, 2.75) is 10.9 Å². The van der Waals surface area contributed by atoms with E-state index in [0.717, 1.165) is 27.1 Å². The molecule has 4 rings (SSSR count). The fourth-order valence-corrected chi connectivity index (χ4v) is 3.83. The number of nitrogens with zero attached hydrogens (tertiary/aromatic N) is 2. The Labute approximate surface area is 148 Å². The van der Waals surface area contributed by atoms with Crippen LogP contribution < -0.4 is 10.4 Å². The Morgan fingerprint density at radius 2 is 2.04 bits per heavy atom. The van der Waals surface area contributed by atoms with Gasteiger partial charge in [-0.1, -0.05) is 23.9 Å². The molecule has 0 atom stereocenters. The second-order valence-electron chi connectivity index (χ2n) is 5.68. The highest BCUT2D eigenvalue weighted by Crippen LogP contribution is 2.29. The Hall–Kier alpha value is -2.73. The predicted molar refractivity (Wildman–Crippen MR) is 99.3 cm³/mol. The van der Waals surface area contributed by atoms with Gasteiger partial charge in [0.05, 0.1) is 18.1 Å². The molecule has 0 saturated heterocycles. The number of methoxy groups -OCH3 is 1. The Kier molecular flexibility index (Phi) is 3.97. The predicted octanol–water partition coefficient (Wildman–Crippen LogP) is 3.98. The van der Waals surface area contributed by atoms with Crippen LogP contribution in [0.4, 0.5) is 0 Å². The van der Waals surface area contributed by atoms with Crippen LogP contribution in [-0.4, -0.2) is 16.7 Å². The first kappa shape index (κ1) is 15.8. The van der Waals surface area contributed by atoms with Gasteiger partial charge in [0.1, 0.15) is 11.3 Å². The molecule has 0 aliphatic rings. The van der Waals surface area contributed by atoms with Gasteiger partial charge in [-0.2, -0.15) is 0 Å². The fraction of sp³-hybridized carbons (Fsp3) is 0.158. The van der Waals surface area contributed by atoms with Crippen LogP contribution in [0.15, 0.2) is 62.9 Å². The van der Waals surface area contributed by atoms with Gasteiger partial charge in [-0.25, -0.2) is 9.78 Å². The van der Waals surface area contributed by atoms with E-state index >= 15 is 0 Å².